The first kappa shape index (κ1) is 16.4. The van der Waals surface area contributed by atoms with Crippen LogP contribution in [0.5, 0.6) is 5.75 Å². The number of fused-ring (bicyclic) bond motifs is 1. The van der Waals surface area contributed by atoms with Gasteiger partial charge in [-0.3, -0.25) is 0 Å². The maximum atomic E-state index is 6.04. The highest BCUT2D eigenvalue weighted by Gasteiger charge is 2.08. The summed E-state index contributed by atoms with van der Waals surface area (Å²) in [6, 6.07) is 19.5. The molecule has 26 heavy (non-hydrogen) atoms. The molecule has 0 saturated heterocycles. The molecule has 2 aromatic carbocycles. The van der Waals surface area contributed by atoms with Gasteiger partial charge in [0.25, 0.3) is 0 Å². The van der Waals surface area contributed by atoms with Crippen molar-refractivity contribution in [2.45, 2.75) is 6.54 Å². The fraction of sp³-hybridized carbons (Fsp3) is 0.100. The molecule has 0 radical (unpaired) electrons. The fourth-order valence-electron chi connectivity index (χ4n) is 2.77. The standard InChI is InChI=1S/C20H17ClN4O/c1-26-17-7-5-15(6-8-17)18-13-23-20-10-9-19(24-25(18)20)22-12-14-3-2-4-16(21)11-14/h2-11,13H,12H2,1H3,(H,22,24). The van der Waals surface area contributed by atoms with Crippen molar-refractivity contribution in [3.05, 3.63) is 77.4 Å². The van der Waals surface area contributed by atoms with Crippen LogP contribution in [0.15, 0.2) is 66.9 Å². The number of benzene rings is 2. The average molecular weight is 365 g/mol. The summed E-state index contributed by atoms with van der Waals surface area (Å²) in [4.78, 5) is 4.43. The van der Waals surface area contributed by atoms with Crippen molar-refractivity contribution in [1.29, 1.82) is 0 Å². The maximum absolute atomic E-state index is 6.04. The number of methoxy groups -OCH3 is 1. The van der Waals surface area contributed by atoms with Gasteiger partial charge in [-0.2, -0.15) is 0 Å². The zero-order valence-electron chi connectivity index (χ0n) is 14.2. The normalized spacial score (nSPS) is 10.8. The first-order chi connectivity index (χ1) is 12.7. The number of nitrogens with zero attached hydrogens (tertiary/aromatic N) is 3. The van der Waals surface area contributed by atoms with E-state index in [0.29, 0.717) is 6.54 Å². The number of nitrogens with one attached hydrogen (secondary N) is 1. The minimum Gasteiger partial charge on any atom is -0.497 e. The highest BCUT2D eigenvalue weighted by Crippen LogP contribution is 2.23. The van der Waals surface area contributed by atoms with E-state index in [-0.39, 0.29) is 0 Å². The van der Waals surface area contributed by atoms with E-state index >= 15 is 0 Å². The number of ether oxygens (including phenoxy) is 1. The minimum absolute atomic E-state index is 0.644. The molecule has 0 spiro atoms. The second kappa shape index (κ2) is 7.06. The minimum atomic E-state index is 0.644. The summed E-state index contributed by atoms with van der Waals surface area (Å²) in [5.41, 5.74) is 3.84. The topological polar surface area (TPSA) is 51.5 Å². The molecule has 130 valence electrons. The van der Waals surface area contributed by atoms with Crippen molar-refractivity contribution < 1.29 is 4.74 Å². The molecule has 6 heteroatoms. The predicted molar refractivity (Wildman–Crippen MR) is 104 cm³/mol. The van der Waals surface area contributed by atoms with Gasteiger partial charge >= 0.3 is 0 Å². The lowest BCUT2D eigenvalue weighted by molar-refractivity contribution is 0.415. The maximum Gasteiger partial charge on any atom is 0.154 e. The van der Waals surface area contributed by atoms with Gasteiger partial charge in [-0.25, -0.2) is 9.50 Å². The lowest BCUT2D eigenvalue weighted by atomic mass is 10.1. The Morgan fingerprint density at radius 1 is 1.08 bits per heavy atom. The monoisotopic (exact) mass is 364 g/mol. The quantitative estimate of drug-likeness (QED) is 0.559. The molecular weight excluding hydrogens is 348 g/mol. The van der Waals surface area contributed by atoms with Gasteiger partial charge in [0.1, 0.15) is 11.6 Å². The zero-order valence-corrected chi connectivity index (χ0v) is 14.9. The highest BCUT2D eigenvalue weighted by molar-refractivity contribution is 6.30. The van der Waals surface area contributed by atoms with Crippen molar-refractivity contribution in [3.63, 3.8) is 0 Å². The second-order valence-electron chi connectivity index (χ2n) is 5.84. The van der Waals surface area contributed by atoms with Crippen LogP contribution in [0.4, 0.5) is 5.82 Å². The summed E-state index contributed by atoms with van der Waals surface area (Å²) < 4.78 is 7.05. The Morgan fingerprint density at radius 2 is 1.92 bits per heavy atom. The SMILES string of the molecule is COc1ccc(-c2cnc3ccc(NCc4cccc(Cl)c4)nn23)cc1. The third kappa shape index (κ3) is 3.34. The second-order valence-corrected chi connectivity index (χ2v) is 6.28. The predicted octanol–water partition coefficient (Wildman–Crippen LogP) is 4.67. The number of hydrogen-bond donors (Lipinski definition) is 1. The molecule has 0 bridgehead atoms. The Labute approximate surface area is 156 Å². The van der Waals surface area contributed by atoms with Crippen molar-refractivity contribution in [3.8, 4) is 17.0 Å². The first-order valence-corrected chi connectivity index (χ1v) is 8.58. The molecule has 4 aromatic rings. The van der Waals surface area contributed by atoms with Crippen molar-refractivity contribution >= 4 is 23.1 Å². The van der Waals surface area contributed by atoms with Gasteiger partial charge in [-0.1, -0.05) is 23.7 Å². The van der Waals surface area contributed by atoms with Gasteiger partial charge in [0.2, 0.25) is 0 Å². The Hall–Kier alpha value is -3.05. The highest BCUT2D eigenvalue weighted by atomic mass is 35.5. The number of rotatable bonds is 5. The van der Waals surface area contributed by atoms with Crippen LogP contribution in [0.3, 0.4) is 0 Å². The molecule has 0 aliphatic heterocycles. The molecule has 0 atom stereocenters. The smallest absolute Gasteiger partial charge is 0.154 e. The van der Waals surface area contributed by atoms with Crippen LogP contribution in [0.2, 0.25) is 5.02 Å². The lowest BCUT2D eigenvalue weighted by Gasteiger charge is -2.08. The summed E-state index contributed by atoms with van der Waals surface area (Å²) in [5.74, 6) is 1.59. The molecule has 0 amide bonds. The van der Waals surface area contributed by atoms with E-state index in [0.717, 1.165) is 39.1 Å². The fourth-order valence-corrected chi connectivity index (χ4v) is 2.98. The molecule has 0 saturated carbocycles. The molecule has 4 rings (SSSR count). The van der Waals surface area contributed by atoms with Crippen LogP contribution < -0.4 is 10.1 Å². The van der Waals surface area contributed by atoms with Crippen LogP contribution in [0.25, 0.3) is 16.9 Å². The Morgan fingerprint density at radius 3 is 2.69 bits per heavy atom. The van der Waals surface area contributed by atoms with E-state index in [4.69, 9.17) is 16.3 Å². The van der Waals surface area contributed by atoms with Gasteiger partial charge in [0, 0.05) is 17.1 Å². The summed E-state index contributed by atoms with van der Waals surface area (Å²) >= 11 is 6.04. The third-order valence-corrected chi connectivity index (χ3v) is 4.35. The van der Waals surface area contributed by atoms with Crippen molar-refractivity contribution in [1.82, 2.24) is 14.6 Å². The van der Waals surface area contributed by atoms with Crippen LogP contribution >= 0.6 is 11.6 Å². The van der Waals surface area contributed by atoms with E-state index in [2.05, 4.69) is 15.4 Å². The van der Waals surface area contributed by atoms with Crippen molar-refractivity contribution in [2.75, 3.05) is 12.4 Å². The number of aromatic nitrogens is 3. The summed E-state index contributed by atoms with van der Waals surface area (Å²) in [5, 5.41) is 8.73. The first-order valence-electron chi connectivity index (χ1n) is 8.20. The average Bonchev–Trinajstić information content (AvgIpc) is 3.10. The van der Waals surface area contributed by atoms with Crippen LogP contribution in [-0.2, 0) is 6.54 Å². The van der Waals surface area contributed by atoms with E-state index < -0.39 is 0 Å². The van der Waals surface area contributed by atoms with E-state index in [1.54, 1.807) is 7.11 Å². The molecule has 2 aromatic heterocycles. The molecule has 0 aliphatic rings. The molecule has 0 unspecified atom stereocenters. The van der Waals surface area contributed by atoms with Crippen LogP contribution in [-0.4, -0.2) is 21.7 Å². The van der Waals surface area contributed by atoms with Gasteiger partial charge in [-0.15, -0.1) is 5.10 Å². The number of imidazole rings is 1. The lowest BCUT2D eigenvalue weighted by Crippen LogP contribution is -2.04. The van der Waals surface area contributed by atoms with E-state index in [1.165, 1.54) is 0 Å². The van der Waals surface area contributed by atoms with Gasteiger partial charge < -0.3 is 10.1 Å². The largest absolute Gasteiger partial charge is 0.497 e. The summed E-state index contributed by atoms with van der Waals surface area (Å²) in [7, 11) is 1.66. The van der Waals surface area contributed by atoms with Gasteiger partial charge in [0.15, 0.2) is 5.65 Å². The van der Waals surface area contributed by atoms with Gasteiger partial charge in [0.05, 0.1) is 19.0 Å². The summed E-state index contributed by atoms with van der Waals surface area (Å²) in [6.07, 6.45) is 1.82. The number of halogens is 1. The van der Waals surface area contributed by atoms with E-state index in [1.807, 2.05) is 71.4 Å². The van der Waals surface area contributed by atoms with Gasteiger partial charge in [-0.05, 0) is 54.1 Å². The Bertz CT molecular complexity index is 1040. The number of anilines is 1. The Balaban J connectivity index is 1.61. The zero-order chi connectivity index (χ0) is 17.9. The summed E-state index contributed by atoms with van der Waals surface area (Å²) in [6.45, 7) is 0.644. The molecule has 5 nitrogen and oxygen atoms in total. The van der Waals surface area contributed by atoms with Crippen LogP contribution in [0, 0.1) is 0 Å². The van der Waals surface area contributed by atoms with Crippen LogP contribution in [0.1, 0.15) is 5.56 Å². The molecule has 1 N–H and O–H groups in total. The Kier molecular flexibility index (Phi) is 4.46. The van der Waals surface area contributed by atoms with Crippen molar-refractivity contribution in [2.24, 2.45) is 0 Å². The third-order valence-electron chi connectivity index (χ3n) is 4.11. The molecule has 0 fully saturated rings. The number of hydrogen-bond acceptors (Lipinski definition) is 4. The molecule has 2 heterocycles. The molecular formula is C20H17ClN4O. The van der Waals surface area contributed by atoms with E-state index in [9.17, 15) is 0 Å². The molecule has 0 aliphatic carbocycles.